The molecule has 0 saturated carbocycles. The highest BCUT2D eigenvalue weighted by atomic mass is 35.5. The van der Waals surface area contributed by atoms with Gasteiger partial charge >= 0.3 is 0 Å². The molecule has 1 amide bonds. The van der Waals surface area contributed by atoms with Crippen LogP contribution in [0.5, 0.6) is 0 Å². The highest BCUT2D eigenvalue weighted by molar-refractivity contribution is 8.00. The minimum Gasteiger partial charge on any atom is -0.325 e. The van der Waals surface area contributed by atoms with E-state index in [1.54, 1.807) is 23.1 Å². The van der Waals surface area contributed by atoms with Crippen LogP contribution in [0.15, 0.2) is 76.4 Å². The average Bonchev–Trinajstić information content (AvgIpc) is 3.15. The van der Waals surface area contributed by atoms with Crippen molar-refractivity contribution in [3.8, 4) is 0 Å². The molecule has 0 atom stereocenters. The van der Waals surface area contributed by atoms with Gasteiger partial charge in [-0.25, -0.2) is 4.98 Å². The lowest BCUT2D eigenvalue weighted by Crippen LogP contribution is -2.14. The van der Waals surface area contributed by atoms with E-state index in [-0.39, 0.29) is 12.3 Å². The van der Waals surface area contributed by atoms with Gasteiger partial charge in [0.25, 0.3) is 0 Å². The van der Waals surface area contributed by atoms with Crippen molar-refractivity contribution in [3.63, 3.8) is 0 Å². The molecule has 4 rings (SSSR count). The normalized spacial score (nSPS) is 10.9. The zero-order valence-corrected chi connectivity index (χ0v) is 17.3. The molecule has 0 spiro atoms. The first-order valence-corrected chi connectivity index (χ1v) is 11.0. The summed E-state index contributed by atoms with van der Waals surface area (Å²) >= 11 is 9.15. The third-order valence-electron chi connectivity index (χ3n) is 4.21. The zero-order valence-electron chi connectivity index (χ0n) is 14.9. The van der Waals surface area contributed by atoms with Gasteiger partial charge < -0.3 is 5.32 Å². The Bertz CT molecular complexity index is 1100. The maximum Gasteiger partial charge on any atom is 0.230 e. The Labute approximate surface area is 176 Å². The van der Waals surface area contributed by atoms with Gasteiger partial charge in [0.05, 0.1) is 12.1 Å². The number of rotatable bonds is 6. The van der Waals surface area contributed by atoms with Gasteiger partial charge in [0.15, 0.2) is 0 Å². The summed E-state index contributed by atoms with van der Waals surface area (Å²) < 4.78 is 0.961. The number of carbonyl (C=O) groups excluding carboxylic acids is 1. The van der Waals surface area contributed by atoms with Crippen LogP contribution in [0.1, 0.15) is 11.3 Å². The summed E-state index contributed by atoms with van der Waals surface area (Å²) in [7, 11) is 0. The van der Waals surface area contributed by atoms with Crippen LogP contribution in [0.25, 0.3) is 10.8 Å². The van der Waals surface area contributed by atoms with E-state index in [0.29, 0.717) is 0 Å². The lowest BCUT2D eigenvalue weighted by Gasteiger charge is -2.08. The predicted molar refractivity (Wildman–Crippen MR) is 119 cm³/mol. The monoisotopic (exact) mass is 424 g/mol. The minimum atomic E-state index is -0.0593. The molecule has 3 aromatic carbocycles. The number of anilines is 1. The number of nitrogens with one attached hydrogen (secondary N) is 1. The van der Waals surface area contributed by atoms with E-state index in [1.165, 1.54) is 5.56 Å². The maximum atomic E-state index is 12.5. The van der Waals surface area contributed by atoms with Crippen LogP contribution in [-0.4, -0.2) is 10.9 Å². The van der Waals surface area contributed by atoms with Crippen molar-refractivity contribution in [2.24, 2.45) is 0 Å². The first kappa shape index (κ1) is 19.0. The Morgan fingerprint density at radius 1 is 1.04 bits per heavy atom. The van der Waals surface area contributed by atoms with Crippen LogP contribution in [0, 0.1) is 0 Å². The molecule has 0 aliphatic heterocycles. The molecule has 0 unspecified atom stereocenters. The molecule has 0 aliphatic rings. The second-order valence-corrected chi connectivity index (χ2v) is 8.79. The largest absolute Gasteiger partial charge is 0.325 e. The quantitative estimate of drug-likeness (QED) is 0.363. The lowest BCUT2D eigenvalue weighted by atomic mass is 10.1. The van der Waals surface area contributed by atoms with E-state index in [9.17, 15) is 4.79 Å². The number of hydrogen-bond donors (Lipinski definition) is 1. The van der Waals surface area contributed by atoms with Gasteiger partial charge in [0, 0.05) is 27.2 Å². The average molecular weight is 425 g/mol. The fourth-order valence-corrected chi connectivity index (χ4v) is 4.78. The van der Waals surface area contributed by atoms with Gasteiger partial charge in [-0.2, -0.15) is 0 Å². The number of nitrogens with zero attached hydrogens (tertiary/aromatic N) is 1. The van der Waals surface area contributed by atoms with E-state index in [1.807, 2.05) is 72.1 Å². The minimum absolute atomic E-state index is 0.0593. The fraction of sp³-hybridized carbons (Fsp3) is 0.0909. The molecule has 28 heavy (non-hydrogen) atoms. The molecule has 1 N–H and O–H groups in total. The van der Waals surface area contributed by atoms with Crippen LogP contribution in [0.3, 0.4) is 0 Å². The van der Waals surface area contributed by atoms with Crippen molar-refractivity contribution in [3.05, 3.63) is 88.4 Å². The topological polar surface area (TPSA) is 42.0 Å². The van der Waals surface area contributed by atoms with E-state index in [2.05, 4.69) is 10.3 Å². The Hall–Kier alpha value is -2.34. The van der Waals surface area contributed by atoms with Crippen molar-refractivity contribution in [1.82, 2.24) is 4.98 Å². The summed E-state index contributed by atoms with van der Waals surface area (Å²) in [6.07, 6.45) is 0.265. The maximum absolute atomic E-state index is 12.5. The zero-order chi connectivity index (χ0) is 19.3. The molecule has 0 bridgehead atoms. The van der Waals surface area contributed by atoms with Crippen molar-refractivity contribution < 1.29 is 4.79 Å². The Balaban J connectivity index is 1.36. The van der Waals surface area contributed by atoms with E-state index >= 15 is 0 Å². The summed E-state index contributed by atoms with van der Waals surface area (Å²) in [5.41, 5.74) is 2.82. The summed E-state index contributed by atoms with van der Waals surface area (Å²) in [5.74, 6) is 0.766. The van der Waals surface area contributed by atoms with E-state index < -0.39 is 0 Å². The summed E-state index contributed by atoms with van der Waals surface area (Å²) in [6, 6.07) is 21.7. The molecule has 1 heterocycles. The molecule has 4 aromatic rings. The molecular formula is C22H17ClN2OS2. The number of fused-ring (bicyclic) bond motifs is 1. The van der Waals surface area contributed by atoms with Crippen molar-refractivity contribution in [1.29, 1.82) is 0 Å². The highest BCUT2D eigenvalue weighted by Crippen LogP contribution is 2.27. The molecule has 0 aliphatic carbocycles. The van der Waals surface area contributed by atoms with E-state index in [0.717, 1.165) is 37.3 Å². The lowest BCUT2D eigenvalue weighted by molar-refractivity contribution is -0.115. The fourth-order valence-electron chi connectivity index (χ4n) is 2.85. The van der Waals surface area contributed by atoms with Gasteiger partial charge in [-0.1, -0.05) is 71.9 Å². The number of aromatic nitrogens is 1. The number of amides is 1. The second kappa shape index (κ2) is 8.78. The molecule has 6 heteroatoms. The van der Waals surface area contributed by atoms with Crippen molar-refractivity contribution in [2.45, 2.75) is 16.5 Å². The van der Waals surface area contributed by atoms with Gasteiger partial charge in [-0.3, -0.25) is 4.79 Å². The molecule has 0 fully saturated rings. The van der Waals surface area contributed by atoms with Gasteiger partial charge in [-0.05, 0) is 29.1 Å². The number of hydrogen-bond acceptors (Lipinski definition) is 4. The smallest absolute Gasteiger partial charge is 0.230 e. The first-order chi connectivity index (χ1) is 13.7. The van der Waals surface area contributed by atoms with Gasteiger partial charge in [-0.15, -0.1) is 11.3 Å². The number of benzene rings is 3. The SMILES string of the molecule is O=C(Cc1csc(SCc2ccc(Cl)cc2)n1)Nc1cccc2ccccc12. The number of carbonyl (C=O) groups is 1. The van der Waals surface area contributed by atoms with E-state index in [4.69, 9.17) is 11.6 Å². The number of thiazole rings is 1. The third-order valence-corrected chi connectivity index (χ3v) is 6.60. The summed E-state index contributed by atoms with van der Waals surface area (Å²) in [4.78, 5) is 17.1. The number of halogens is 1. The molecule has 1 aromatic heterocycles. The van der Waals surface area contributed by atoms with Gasteiger partial charge in [0.2, 0.25) is 5.91 Å². The molecule has 0 radical (unpaired) electrons. The third kappa shape index (κ3) is 4.73. The Kier molecular flexibility index (Phi) is 5.95. The predicted octanol–water partition coefficient (Wildman–Crippen LogP) is 6.42. The molecule has 0 saturated heterocycles. The molecule has 140 valence electrons. The van der Waals surface area contributed by atoms with Crippen LogP contribution < -0.4 is 5.32 Å². The van der Waals surface area contributed by atoms with Crippen LogP contribution in [-0.2, 0) is 17.0 Å². The Morgan fingerprint density at radius 3 is 2.68 bits per heavy atom. The van der Waals surface area contributed by atoms with Crippen LogP contribution in [0.2, 0.25) is 5.02 Å². The Morgan fingerprint density at radius 2 is 1.82 bits per heavy atom. The highest BCUT2D eigenvalue weighted by Gasteiger charge is 2.10. The van der Waals surface area contributed by atoms with Crippen molar-refractivity contribution >= 4 is 57.1 Å². The standard InChI is InChI=1S/C22H17ClN2OS2/c23-17-10-8-15(9-11-17)13-27-22-24-18(14-28-22)12-21(26)25-20-7-3-5-16-4-1-2-6-19(16)20/h1-11,14H,12-13H2,(H,25,26). The van der Waals surface area contributed by atoms with Crippen LogP contribution >= 0.6 is 34.7 Å². The summed E-state index contributed by atoms with van der Waals surface area (Å²) in [5, 5.41) is 7.85. The van der Waals surface area contributed by atoms with Crippen LogP contribution in [0.4, 0.5) is 5.69 Å². The van der Waals surface area contributed by atoms with Gasteiger partial charge in [0.1, 0.15) is 4.34 Å². The molecule has 3 nitrogen and oxygen atoms in total. The van der Waals surface area contributed by atoms with Crippen molar-refractivity contribution in [2.75, 3.05) is 5.32 Å². The summed E-state index contributed by atoms with van der Waals surface area (Å²) in [6.45, 7) is 0. The second-order valence-electron chi connectivity index (χ2n) is 6.27. The number of thioether (sulfide) groups is 1. The molecular weight excluding hydrogens is 408 g/mol. The first-order valence-electron chi connectivity index (χ1n) is 8.77.